The molecule has 0 unspecified atom stereocenters. The molecule has 9 nitrogen and oxygen atoms in total. The number of carbonyl (C=O) groups is 1. The molecule has 9 heteroatoms. The van der Waals surface area contributed by atoms with Gasteiger partial charge in [-0.1, -0.05) is 19.3 Å². The Bertz CT molecular complexity index is 1210. The molecular formula is C25H32N8O. The van der Waals surface area contributed by atoms with Crippen molar-refractivity contribution in [2.75, 3.05) is 43.4 Å². The van der Waals surface area contributed by atoms with Crippen LogP contribution < -0.4 is 15.5 Å². The van der Waals surface area contributed by atoms with Crippen LogP contribution in [-0.4, -0.2) is 69.6 Å². The van der Waals surface area contributed by atoms with Gasteiger partial charge in [-0.15, -0.1) is 0 Å². The zero-order chi connectivity index (χ0) is 23.3. The van der Waals surface area contributed by atoms with Gasteiger partial charge in [0, 0.05) is 43.8 Å². The summed E-state index contributed by atoms with van der Waals surface area (Å²) >= 11 is 0. The van der Waals surface area contributed by atoms with Crippen molar-refractivity contribution >= 4 is 34.4 Å². The molecular weight excluding hydrogens is 428 g/mol. The van der Waals surface area contributed by atoms with Gasteiger partial charge in [0.1, 0.15) is 17.2 Å². The van der Waals surface area contributed by atoms with Gasteiger partial charge in [-0.25, -0.2) is 9.97 Å². The van der Waals surface area contributed by atoms with Gasteiger partial charge in [-0.05, 0) is 45.0 Å². The summed E-state index contributed by atoms with van der Waals surface area (Å²) in [5, 5.41) is 7.28. The SMILES string of the molecule is C[C@H]1CN(c2ccc(Nc3ncc4cc5n(c4n3)C3(CCCCC3)CNC5=O)nc2)CCN1C. The molecule has 5 heterocycles. The third kappa shape index (κ3) is 3.58. The van der Waals surface area contributed by atoms with Crippen molar-refractivity contribution in [3.8, 4) is 0 Å². The number of carbonyl (C=O) groups excluding carboxylic acids is 1. The van der Waals surface area contributed by atoms with Gasteiger partial charge in [0.05, 0.1) is 17.4 Å². The Morgan fingerprint density at radius 1 is 1.12 bits per heavy atom. The number of fused-ring (bicyclic) bond motifs is 4. The molecule has 0 radical (unpaired) electrons. The van der Waals surface area contributed by atoms with Gasteiger partial charge in [-0.2, -0.15) is 4.98 Å². The van der Waals surface area contributed by atoms with Crippen LogP contribution in [0, 0.1) is 0 Å². The van der Waals surface area contributed by atoms with Gasteiger partial charge >= 0.3 is 0 Å². The van der Waals surface area contributed by atoms with E-state index in [9.17, 15) is 4.79 Å². The smallest absolute Gasteiger partial charge is 0.268 e. The highest BCUT2D eigenvalue weighted by atomic mass is 16.2. The Kier molecular flexibility index (Phi) is 5.17. The minimum atomic E-state index is -0.0889. The molecule has 3 aromatic heterocycles. The maximum atomic E-state index is 12.6. The summed E-state index contributed by atoms with van der Waals surface area (Å²) in [5.74, 6) is 1.18. The number of piperazine rings is 1. The number of hydrogen-bond donors (Lipinski definition) is 2. The summed E-state index contributed by atoms with van der Waals surface area (Å²) in [6, 6.07) is 6.53. The predicted molar refractivity (Wildman–Crippen MR) is 133 cm³/mol. The molecule has 2 aliphatic heterocycles. The number of nitrogens with one attached hydrogen (secondary N) is 2. The summed E-state index contributed by atoms with van der Waals surface area (Å²) in [5.41, 5.74) is 2.56. The Balaban J connectivity index is 1.28. The highest BCUT2D eigenvalue weighted by Crippen LogP contribution is 2.40. The maximum absolute atomic E-state index is 12.6. The van der Waals surface area contributed by atoms with Gasteiger partial charge in [0.15, 0.2) is 0 Å². The fourth-order valence-corrected chi connectivity index (χ4v) is 5.77. The van der Waals surface area contributed by atoms with Crippen LogP contribution in [0.1, 0.15) is 49.5 Å². The van der Waals surface area contributed by atoms with Crippen LogP contribution in [0.3, 0.4) is 0 Å². The maximum Gasteiger partial charge on any atom is 0.268 e. The number of anilines is 3. The topological polar surface area (TPSA) is 91.2 Å². The second-order valence-electron chi connectivity index (χ2n) is 10.1. The molecule has 6 rings (SSSR count). The number of likely N-dealkylation sites (N-methyl/N-ethyl adjacent to an activating group) is 1. The van der Waals surface area contributed by atoms with Gasteiger partial charge < -0.3 is 25.0 Å². The van der Waals surface area contributed by atoms with E-state index in [4.69, 9.17) is 4.98 Å². The lowest BCUT2D eigenvalue weighted by atomic mass is 9.80. The molecule has 3 aromatic rings. The van der Waals surface area contributed by atoms with E-state index >= 15 is 0 Å². The van der Waals surface area contributed by atoms with Crippen LogP contribution in [0.15, 0.2) is 30.6 Å². The van der Waals surface area contributed by atoms with Crippen LogP contribution in [-0.2, 0) is 5.54 Å². The zero-order valence-corrected chi connectivity index (χ0v) is 19.9. The lowest BCUT2D eigenvalue weighted by Gasteiger charge is -2.42. The standard InChI is InChI=1S/C25H32N8O/c1-17-15-32(11-10-31(17)2)19-6-7-21(26-14-19)29-24-27-13-18-12-20-23(34)28-16-25(8-4-3-5-9-25)33(20)22(18)30-24/h6-7,12-14,17H,3-5,8-11,15-16H2,1-2H3,(H,28,34)(H,26,27,29,30)/t17-/m0/s1. The van der Waals surface area contributed by atoms with Crippen LogP contribution >= 0.6 is 0 Å². The molecule has 1 amide bonds. The number of nitrogens with zero attached hydrogens (tertiary/aromatic N) is 6. The normalized spacial score (nSPS) is 22.6. The average Bonchev–Trinajstić information content (AvgIpc) is 3.25. The van der Waals surface area contributed by atoms with Crippen LogP contribution in [0.25, 0.3) is 11.0 Å². The Labute approximate surface area is 199 Å². The number of rotatable bonds is 3. The molecule has 0 aromatic carbocycles. The molecule has 1 saturated carbocycles. The van der Waals surface area contributed by atoms with Crippen LogP contribution in [0.4, 0.5) is 17.5 Å². The lowest BCUT2D eigenvalue weighted by molar-refractivity contribution is 0.0833. The van der Waals surface area contributed by atoms with Crippen molar-refractivity contribution in [3.63, 3.8) is 0 Å². The molecule has 34 heavy (non-hydrogen) atoms. The Hall–Kier alpha value is -3.20. The first kappa shape index (κ1) is 21.3. The summed E-state index contributed by atoms with van der Waals surface area (Å²) in [6.45, 7) is 5.98. The molecule has 3 aliphatic rings. The molecule has 178 valence electrons. The minimum Gasteiger partial charge on any atom is -0.367 e. The fraction of sp³-hybridized carbons (Fsp3) is 0.520. The van der Waals surface area contributed by atoms with Crippen molar-refractivity contribution in [3.05, 3.63) is 36.3 Å². The molecule has 2 fully saturated rings. The van der Waals surface area contributed by atoms with E-state index in [0.29, 0.717) is 30.0 Å². The third-order valence-corrected chi connectivity index (χ3v) is 7.92. The van der Waals surface area contributed by atoms with Crippen molar-refractivity contribution < 1.29 is 4.79 Å². The van der Waals surface area contributed by atoms with Crippen LogP contribution in [0.2, 0.25) is 0 Å². The first-order chi connectivity index (χ1) is 16.5. The van der Waals surface area contributed by atoms with Gasteiger partial charge in [0.2, 0.25) is 5.95 Å². The highest BCUT2D eigenvalue weighted by Gasteiger charge is 2.41. The largest absolute Gasteiger partial charge is 0.367 e. The summed E-state index contributed by atoms with van der Waals surface area (Å²) in [6.07, 6.45) is 9.44. The summed E-state index contributed by atoms with van der Waals surface area (Å²) < 4.78 is 2.19. The number of pyridine rings is 1. The Morgan fingerprint density at radius 2 is 1.97 bits per heavy atom. The van der Waals surface area contributed by atoms with Crippen LogP contribution in [0.5, 0.6) is 0 Å². The van der Waals surface area contributed by atoms with Gasteiger partial charge in [0.25, 0.3) is 5.91 Å². The molecule has 1 saturated heterocycles. The van der Waals surface area contributed by atoms with Crippen molar-refractivity contribution in [1.29, 1.82) is 0 Å². The van der Waals surface area contributed by atoms with E-state index in [0.717, 1.165) is 49.2 Å². The number of amides is 1. The fourth-order valence-electron chi connectivity index (χ4n) is 5.77. The van der Waals surface area contributed by atoms with E-state index in [2.05, 4.69) is 55.0 Å². The first-order valence-corrected chi connectivity index (χ1v) is 12.4. The first-order valence-electron chi connectivity index (χ1n) is 12.4. The Morgan fingerprint density at radius 3 is 2.74 bits per heavy atom. The molecule has 0 bridgehead atoms. The second kappa shape index (κ2) is 8.23. The average molecular weight is 461 g/mol. The minimum absolute atomic E-state index is 0.0285. The van der Waals surface area contributed by atoms with Gasteiger partial charge in [-0.3, -0.25) is 4.79 Å². The van der Waals surface area contributed by atoms with Crippen molar-refractivity contribution in [1.82, 2.24) is 29.7 Å². The number of hydrogen-bond acceptors (Lipinski definition) is 7. The molecule has 1 aliphatic carbocycles. The lowest BCUT2D eigenvalue weighted by Crippen LogP contribution is -2.52. The van der Waals surface area contributed by atoms with E-state index in [1.807, 2.05) is 18.3 Å². The molecule has 1 spiro atoms. The van der Waals surface area contributed by atoms with E-state index < -0.39 is 0 Å². The monoisotopic (exact) mass is 460 g/mol. The highest BCUT2D eigenvalue weighted by molar-refractivity contribution is 5.99. The summed E-state index contributed by atoms with van der Waals surface area (Å²) in [7, 11) is 2.18. The third-order valence-electron chi connectivity index (χ3n) is 7.92. The number of aromatic nitrogens is 4. The molecule has 1 atom stereocenters. The van der Waals surface area contributed by atoms with E-state index in [-0.39, 0.29) is 11.4 Å². The van der Waals surface area contributed by atoms with E-state index in [1.54, 1.807) is 6.20 Å². The van der Waals surface area contributed by atoms with Crippen molar-refractivity contribution in [2.24, 2.45) is 0 Å². The van der Waals surface area contributed by atoms with E-state index in [1.165, 1.54) is 19.3 Å². The predicted octanol–water partition coefficient (Wildman–Crippen LogP) is 3.11. The second-order valence-corrected chi connectivity index (χ2v) is 10.1. The zero-order valence-electron chi connectivity index (χ0n) is 19.9. The molecule has 2 N–H and O–H groups in total. The summed E-state index contributed by atoms with van der Waals surface area (Å²) in [4.78, 5) is 31.4. The quantitative estimate of drug-likeness (QED) is 0.621. The van der Waals surface area contributed by atoms with Crippen molar-refractivity contribution in [2.45, 2.75) is 50.6 Å².